The summed E-state index contributed by atoms with van der Waals surface area (Å²) in [5.41, 5.74) is 11.0. The van der Waals surface area contributed by atoms with Crippen molar-refractivity contribution in [3.05, 3.63) is 191 Å². The van der Waals surface area contributed by atoms with E-state index in [1.165, 1.54) is 58.2 Å². The van der Waals surface area contributed by atoms with Gasteiger partial charge < -0.3 is 23.9 Å². The van der Waals surface area contributed by atoms with Gasteiger partial charge >= 0.3 is 92.9 Å². The van der Waals surface area contributed by atoms with E-state index < -0.39 is 31.4 Å². The number of ether oxygens (including phenoxy) is 2. The number of nitrogens with zero attached hydrogens (tertiary/aromatic N) is 4. The predicted molar refractivity (Wildman–Crippen MR) is 447 cm³/mol. The van der Waals surface area contributed by atoms with Gasteiger partial charge in [0, 0.05) is 47.0 Å². The zero-order valence-electron chi connectivity index (χ0n) is 67.2. The molecule has 2 heterocycles. The Morgan fingerprint density at radius 1 is 0.481 bits per heavy atom. The first-order chi connectivity index (χ1) is 50.3. The van der Waals surface area contributed by atoms with Crippen LogP contribution in [-0.4, -0.2) is 95.4 Å². The van der Waals surface area contributed by atoms with Crippen molar-refractivity contribution in [2.24, 2.45) is 16.7 Å². The van der Waals surface area contributed by atoms with Crippen LogP contribution >= 0.6 is 69.7 Å². The zero-order valence-corrected chi connectivity index (χ0v) is 78.8. The minimum absolute atomic E-state index is 0. The fraction of sp³-hybridized carbons (Fsp3) is 0.500. The number of rotatable bonds is 38. The third kappa shape index (κ3) is 47.0. The maximum Gasteiger partial charge on any atom is 1.00 e. The summed E-state index contributed by atoms with van der Waals surface area (Å²) in [4.78, 5) is 34.0. The predicted octanol–water partition coefficient (Wildman–Crippen LogP) is 15.9. The van der Waals surface area contributed by atoms with Crippen molar-refractivity contribution in [1.82, 2.24) is 25.7 Å². The van der Waals surface area contributed by atoms with Gasteiger partial charge in [0.15, 0.2) is 17.4 Å². The maximum absolute atomic E-state index is 11.4. The Labute approximate surface area is 738 Å². The molecule has 7 aromatic rings. The summed E-state index contributed by atoms with van der Waals surface area (Å²) < 4.78 is 75.5. The third-order valence-corrected chi connectivity index (χ3v) is 25.8. The molecule has 0 spiro atoms. The molecule has 0 radical (unpaired) electrons. The molecular weight excluding hydrogens is 1550 g/mol. The zero-order chi connectivity index (χ0) is 79.1. The second kappa shape index (κ2) is 58.8. The normalized spacial score (nSPS) is 12.1. The molecule has 4 atom stereocenters. The summed E-state index contributed by atoms with van der Waals surface area (Å²) in [5.74, 6) is 4.32. The number of unbranched alkanes of at least 4 members (excludes halogenated alkanes) is 2. The van der Waals surface area contributed by atoms with E-state index in [9.17, 15) is 40.3 Å². The molecule has 26 heteroatoms. The molecule has 0 aliphatic rings. The van der Waals surface area contributed by atoms with Gasteiger partial charge in [-0.2, -0.15) is 0 Å². The van der Waals surface area contributed by atoms with Gasteiger partial charge in [-0.15, -0.1) is 20.4 Å². The van der Waals surface area contributed by atoms with Crippen molar-refractivity contribution in [2.75, 3.05) is 31.3 Å². The smallest absolute Gasteiger partial charge is 0.748 e. The fourth-order valence-electron chi connectivity index (χ4n) is 8.45. The average Bonchev–Trinajstić information content (AvgIpc) is 1.61. The van der Waals surface area contributed by atoms with Crippen LogP contribution in [0.5, 0.6) is 0 Å². The quantitative estimate of drug-likeness (QED) is 0.0124. The number of esters is 2. The van der Waals surface area contributed by atoms with E-state index in [2.05, 4.69) is 215 Å². The first-order valence-electron chi connectivity index (χ1n) is 36.6. The first kappa shape index (κ1) is 105. The van der Waals surface area contributed by atoms with Crippen LogP contribution in [-0.2, 0) is 67.1 Å². The van der Waals surface area contributed by atoms with Crippen LogP contribution in [0, 0.1) is 16.7 Å². The van der Waals surface area contributed by atoms with Gasteiger partial charge in [0.25, 0.3) is 0 Å². The van der Waals surface area contributed by atoms with Crippen LogP contribution in [0.3, 0.4) is 0 Å². The van der Waals surface area contributed by atoms with E-state index in [0.29, 0.717) is 50.2 Å². The molecule has 0 aliphatic heterocycles. The number of nitrogens with one attached hydrogen (secondary N) is 1. The third-order valence-electron chi connectivity index (χ3n) is 17.5. The molecule has 7 rings (SSSR count). The van der Waals surface area contributed by atoms with Gasteiger partial charge in [-0.1, -0.05) is 305 Å². The Kier molecular flexibility index (Phi) is 57.1. The molecule has 1 N–H and O–H groups in total. The molecule has 4 unspecified atom stereocenters. The van der Waals surface area contributed by atoms with Gasteiger partial charge in [-0.3, -0.25) is 14.4 Å². The minimum Gasteiger partial charge on any atom is -0.748 e. The van der Waals surface area contributed by atoms with E-state index in [1.54, 1.807) is 83.6 Å². The first-order valence-corrected chi connectivity index (χ1v) is 45.3. The van der Waals surface area contributed by atoms with Gasteiger partial charge in [-0.05, 0) is 160 Å². The molecule has 108 heavy (non-hydrogen) atoms. The SMILES string of the molecule is C=Cc1ccc(CSc2nnc(SCc3ccc(C(C)CC)cc3)s2)cc1.C=Cc1ccc(CSc2nnc(SCc3ccc(C(C)CC)cc3)s2)cc1.CCC(C)(C)C(=O)OCCCS(=O)(=O)[O-].CCC(C)C(=O)NCCCCS(=O)(=O)[O-].CCC(C)c1ccccc1.CCCCOC(=O)C(C)(C)CC.[K+].[Na+]. The Bertz CT molecular complexity index is 3690. The monoisotopic (exact) mass is 1670 g/mol. The molecule has 1 amide bonds. The standard InChI is InChI=1S/2C22H24N2S3.C10H20O2.C10H14.C9H19NO4S.C9H18O5S.K.Na/c2*1-4-16(3)20-12-10-19(11-13-20)15-26-22-24-23-21(27-22)25-14-18-8-6-17(5-2)7-9-18;1-5-7-8-12-9(11)10(3,4)6-2;1-3-9(2)10-7-5-4-6-8-10;1-3-8(2)9(11)10-6-4-5-7-15(12,13)14;1-4-9(2,3)8(10)14-6-5-7-15(11,12)13;;/h2*5-13,16H,2,4,14-15H2,1,3H3;5-8H2,1-4H3;4-9H,3H2,1-2H3;8H,3-7H2,1-2H3,(H,10,11)(H,12,13,14);4-7H2,1-3H3,(H,11,12,13);;/q;;;;;;2*+1/p-2. The molecule has 0 saturated heterocycles. The summed E-state index contributed by atoms with van der Waals surface area (Å²) in [7, 11) is -8.31. The molecule has 0 aliphatic carbocycles. The van der Waals surface area contributed by atoms with Gasteiger partial charge in [0.2, 0.25) is 5.91 Å². The molecule has 586 valence electrons. The molecular formula is C82H117KN5NaO11S8. The van der Waals surface area contributed by atoms with E-state index in [4.69, 9.17) is 9.47 Å². The molecule has 0 saturated carbocycles. The summed E-state index contributed by atoms with van der Waals surface area (Å²) in [5, 5.41) is 20.0. The fourth-order valence-corrected chi connectivity index (χ4v) is 15.3. The van der Waals surface area contributed by atoms with Crippen LogP contribution in [0.2, 0.25) is 0 Å². The Balaban J connectivity index is 0.00000132. The van der Waals surface area contributed by atoms with Gasteiger partial charge in [0.1, 0.15) is 0 Å². The second-order valence-corrected chi connectivity index (χ2v) is 36.7. The molecule has 5 aromatic carbocycles. The van der Waals surface area contributed by atoms with Crippen LogP contribution in [0.4, 0.5) is 0 Å². The Morgan fingerprint density at radius 3 is 1.09 bits per heavy atom. The second-order valence-electron chi connectivity index (χ2n) is 26.8. The van der Waals surface area contributed by atoms with Crippen LogP contribution in [0.1, 0.15) is 242 Å². The van der Waals surface area contributed by atoms with E-state index in [0.717, 1.165) is 77.2 Å². The molecule has 0 fully saturated rings. The topological polar surface area (TPSA) is 248 Å². The van der Waals surface area contributed by atoms with Crippen molar-refractivity contribution >= 4 is 120 Å². The van der Waals surface area contributed by atoms with Crippen molar-refractivity contribution in [2.45, 2.75) is 233 Å². The number of aromatic nitrogens is 4. The summed E-state index contributed by atoms with van der Waals surface area (Å²) in [6.07, 6.45) is 12.5. The van der Waals surface area contributed by atoms with Crippen LogP contribution in [0.25, 0.3) is 12.2 Å². The summed E-state index contributed by atoms with van der Waals surface area (Å²) >= 11 is 10.4. The van der Waals surface area contributed by atoms with E-state index >= 15 is 0 Å². The van der Waals surface area contributed by atoms with Crippen molar-refractivity contribution < 1.29 is 131 Å². The molecule has 16 nitrogen and oxygen atoms in total. The Morgan fingerprint density at radius 2 is 0.796 bits per heavy atom. The number of thioether (sulfide) groups is 4. The van der Waals surface area contributed by atoms with E-state index in [-0.39, 0.29) is 129 Å². The largest absolute Gasteiger partial charge is 1.00 e. The molecule has 0 bridgehead atoms. The Hall–Kier alpha value is -3.03. The van der Waals surface area contributed by atoms with E-state index in [1.807, 2.05) is 53.7 Å². The van der Waals surface area contributed by atoms with Gasteiger partial charge in [-0.25, -0.2) is 16.8 Å². The van der Waals surface area contributed by atoms with Crippen LogP contribution < -0.4 is 86.3 Å². The van der Waals surface area contributed by atoms with Crippen molar-refractivity contribution in [1.29, 1.82) is 0 Å². The average molecular weight is 1670 g/mol. The number of hydrogen-bond donors (Lipinski definition) is 1. The number of hydrogen-bond acceptors (Lipinski definition) is 21. The van der Waals surface area contributed by atoms with Gasteiger partial charge in [0.05, 0.1) is 44.3 Å². The number of benzene rings is 5. The molecule has 2 aromatic heterocycles. The van der Waals surface area contributed by atoms with Crippen molar-refractivity contribution in [3.63, 3.8) is 0 Å². The summed E-state index contributed by atoms with van der Waals surface area (Å²) in [6.45, 7) is 39.1. The minimum atomic E-state index is -4.20. The van der Waals surface area contributed by atoms with Crippen LogP contribution in [0.15, 0.2) is 158 Å². The number of amides is 1. The summed E-state index contributed by atoms with van der Waals surface area (Å²) in [6, 6.07) is 45.5. The van der Waals surface area contributed by atoms with Crippen molar-refractivity contribution in [3.8, 4) is 0 Å². The maximum atomic E-state index is 11.4. The number of carbonyl (C=O) groups excluding carboxylic acids is 3. The number of carbonyl (C=O) groups is 3.